The maximum atomic E-state index is 13.3. The van der Waals surface area contributed by atoms with Gasteiger partial charge in [0.15, 0.2) is 11.8 Å². The number of amides is 3. The van der Waals surface area contributed by atoms with Crippen molar-refractivity contribution in [1.29, 1.82) is 0 Å². The summed E-state index contributed by atoms with van der Waals surface area (Å²) >= 11 is 1.23. The van der Waals surface area contributed by atoms with E-state index in [1.165, 1.54) is 28.8 Å². The Morgan fingerprint density at radius 2 is 1.70 bits per heavy atom. The first kappa shape index (κ1) is 31.5. The van der Waals surface area contributed by atoms with Crippen LogP contribution in [0.25, 0.3) is 6.08 Å². The fourth-order valence-corrected chi connectivity index (χ4v) is 4.75. The normalized spacial score (nSPS) is 15.4. The summed E-state index contributed by atoms with van der Waals surface area (Å²) in [7, 11) is 0. The Morgan fingerprint density at radius 1 is 1.02 bits per heavy atom. The largest absolute Gasteiger partial charge is 0.389 e. The molecule has 226 valence electrons. The summed E-state index contributed by atoms with van der Waals surface area (Å²) in [6.45, 7) is -0.772. The molecule has 0 spiro atoms. The number of amidine groups is 1. The smallest absolute Gasteiger partial charge is 0.295 e. The molecule has 1 aliphatic rings. The second-order valence-electron chi connectivity index (χ2n) is 9.16. The maximum absolute atomic E-state index is 13.3. The monoisotopic (exact) mass is 616 g/mol. The quantitative estimate of drug-likeness (QED) is 0.135. The minimum absolute atomic E-state index is 0.00934. The minimum atomic E-state index is -1.12. The van der Waals surface area contributed by atoms with Crippen LogP contribution in [0.1, 0.15) is 15.9 Å². The van der Waals surface area contributed by atoms with Gasteiger partial charge in [0.05, 0.1) is 23.2 Å². The summed E-state index contributed by atoms with van der Waals surface area (Å²) in [4.78, 5) is 57.5. The number of hydrogen-bond donors (Lipinski definition) is 4. The third-order valence-electron chi connectivity index (χ3n) is 5.90. The van der Waals surface area contributed by atoms with Gasteiger partial charge in [-0.2, -0.15) is 0 Å². The number of thioether (sulfide) groups is 1. The number of nitrogens with zero attached hydrogens (tertiary/aromatic N) is 3. The Kier molecular flexibility index (Phi) is 11.2. The molecule has 3 aromatic carbocycles. The van der Waals surface area contributed by atoms with E-state index in [4.69, 9.17) is 0 Å². The number of anilines is 1. The third kappa shape index (κ3) is 9.54. The maximum Gasteiger partial charge on any atom is 0.295 e. The first-order chi connectivity index (χ1) is 21.3. The molecule has 0 aliphatic carbocycles. The van der Waals surface area contributed by atoms with Crippen LogP contribution in [0.15, 0.2) is 107 Å². The topological polar surface area (TPSA) is 176 Å². The molecule has 0 bridgehead atoms. The van der Waals surface area contributed by atoms with Crippen LogP contribution in [0.4, 0.5) is 11.4 Å². The molecular formula is C30H28N6O7S. The van der Waals surface area contributed by atoms with Crippen LogP contribution in [0, 0.1) is 10.1 Å². The summed E-state index contributed by atoms with van der Waals surface area (Å²) < 4.78 is 0. The number of nitrogens with one attached hydrogen (secondary N) is 3. The molecule has 0 radical (unpaired) electrons. The highest BCUT2D eigenvalue weighted by molar-refractivity contribution is 8.18. The first-order valence-electron chi connectivity index (χ1n) is 13.2. The predicted octanol–water partition coefficient (Wildman–Crippen LogP) is 3.29. The van der Waals surface area contributed by atoms with Gasteiger partial charge in [-0.05, 0) is 59.8 Å². The Hall–Kier alpha value is -5.47. The van der Waals surface area contributed by atoms with Crippen LogP contribution in [-0.2, 0) is 14.4 Å². The second kappa shape index (κ2) is 15.7. The highest BCUT2D eigenvalue weighted by Crippen LogP contribution is 2.33. The van der Waals surface area contributed by atoms with Crippen molar-refractivity contribution in [1.82, 2.24) is 15.8 Å². The van der Waals surface area contributed by atoms with Gasteiger partial charge < -0.3 is 15.3 Å². The molecule has 0 saturated carbocycles. The van der Waals surface area contributed by atoms with Crippen LogP contribution in [0.5, 0.6) is 0 Å². The summed E-state index contributed by atoms with van der Waals surface area (Å²) in [6.07, 6.45) is 4.48. The van der Waals surface area contributed by atoms with Gasteiger partial charge in [-0.3, -0.25) is 30.1 Å². The average molecular weight is 617 g/mol. The Labute approximate surface area is 256 Å². The molecule has 0 aromatic heterocycles. The molecule has 1 fully saturated rings. The van der Waals surface area contributed by atoms with Gasteiger partial charge in [-0.25, -0.2) is 4.99 Å². The zero-order chi connectivity index (χ0) is 31.3. The lowest BCUT2D eigenvalue weighted by molar-refractivity contribution is -0.754. The number of β-amino-alcohol motifs (C(OH)–C–C–N with tert-alkyl or cyclic N) is 1. The minimum Gasteiger partial charge on any atom is -0.389 e. The lowest BCUT2D eigenvalue weighted by Crippen LogP contribution is -2.43. The van der Waals surface area contributed by atoms with E-state index in [9.17, 15) is 29.6 Å². The first-order valence-corrected chi connectivity index (χ1v) is 14.1. The number of hydrazine groups is 1. The van der Waals surface area contributed by atoms with Crippen molar-refractivity contribution >= 4 is 52.1 Å². The summed E-state index contributed by atoms with van der Waals surface area (Å²) in [6, 6.07) is 25.1. The Bertz CT molecular complexity index is 1560. The molecule has 4 rings (SSSR count). The zero-order valence-electron chi connectivity index (χ0n) is 23.2. The third-order valence-corrected chi connectivity index (χ3v) is 6.93. The molecule has 3 amide bonds. The van der Waals surface area contributed by atoms with Crippen molar-refractivity contribution < 1.29 is 29.4 Å². The van der Waals surface area contributed by atoms with Crippen LogP contribution >= 0.6 is 11.8 Å². The summed E-state index contributed by atoms with van der Waals surface area (Å²) in [5, 5.41) is 23.3. The number of carbonyl (C=O) groups is 3. The van der Waals surface area contributed by atoms with E-state index in [-0.39, 0.29) is 24.6 Å². The van der Waals surface area contributed by atoms with Gasteiger partial charge in [0, 0.05) is 17.8 Å². The molecule has 4 N–H and O–H groups in total. The SMILES string of the molecule is O=C(CO[N+](=O)[O-])NNC(=O)c1ccc(NCC(O)CN2C(=O)/C(=C/C=C/c3ccccc3)SC2=Nc2ccccc2)cc1. The second-order valence-corrected chi connectivity index (χ2v) is 10.2. The van der Waals surface area contributed by atoms with Gasteiger partial charge in [0.25, 0.3) is 22.8 Å². The van der Waals surface area contributed by atoms with Gasteiger partial charge >= 0.3 is 0 Å². The van der Waals surface area contributed by atoms with Crippen molar-refractivity contribution in [2.75, 3.05) is 25.0 Å². The molecule has 1 aliphatic heterocycles. The number of para-hydroxylation sites is 1. The van der Waals surface area contributed by atoms with Crippen molar-refractivity contribution in [3.05, 3.63) is 123 Å². The number of aliphatic hydroxyl groups excluding tert-OH is 1. The van der Waals surface area contributed by atoms with Crippen LogP contribution < -0.4 is 16.2 Å². The Morgan fingerprint density at radius 3 is 2.39 bits per heavy atom. The molecular weight excluding hydrogens is 588 g/mol. The standard InChI is InChI=1S/C30H28N6O7S/c37-25(18-31-23-16-14-22(15-17-23)28(39)34-33-27(38)20-43-36(41)42)19-35-29(40)26(13-7-10-21-8-3-1-4-9-21)44-30(35)32-24-11-5-2-6-12-24/h1-17,25,31,37H,18-20H2,(H,33,38)(H,34,39)/b10-7+,26-13-,32-30?. The van der Waals surface area contributed by atoms with E-state index in [2.05, 4.69) is 20.6 Å². The molecule has 13 nitrogen and oxygen atoms in total. The van der Waals surface area contributed by atoms with E-state index in [0.29, 0.717) is 21.4 Å². The van der Waals surface area contributed by atoms with Gasteiger partial charge in [0.2, 0.25) is 0 Å². The average Bonchev–Trinajstić information content (AvgIpc) is 3.31. The molecule has 1 atom stereocenters. The van der Waals surface area contributed by atoms with Crippen LogP contribution in [-0.4, -0.2) is 63.8 Å². The van der Waals surface area contributed by atoms with E-state index < -0.39 is 29.6 Å². The fraction of sp³-hybridized carbons (Fsp3) is 0.133. The number of aliphatic imine (C=N–C) groups is 1. The summed E-state index contributed by atoms with van der Waals surface area (Å²) in [5.74, 6) is -1.82. The number of hydrogen-bond acceptors (Lipinski definition) is 10. The van der Waals surface area contributed by atoms with Gasteiger partial charge in [0.1, 0.15) is 0 Å². The molecule has 1 heterocycles. The van der Waals surface area contributed by atoms with Crippen molar-refractivity contribution in [3.8, 4) is 0 Å². The predicted molar refractivity (Wildman–Crippen MR) is 166 cm³/mol. The highest BCUT2D eigenvalue weighted by atomic mass is 32.2. The van der Waals surface area contributed by atoms with Gasteiger partial charge in [-0.1, -0.05) is 60.7 Å². The van der Waals surface area contributed by atoms with Gasteiger partial charge in [-0.15, -0.1) is 10.1 Å². The Balaban J connectivity index is 1.35. The molecule has 1 saturated heterocycles. The van der Waals surface area contributed by atoms with E-state index in [1.807, 2.05) is 72.2 Å². The number of aliphatic hydroxyl groups is 1. The molecule has 14 heteroatoms. The van der Waals surface area contributed by atoms with E-state index in [1.54, 1.807) is 24.3 Å². The number of rotatable bonds is 12. The van der Waals surface area contributed by atoms with E-state index >= 15 is 0 Å². The van der Waals surface area contributed by atoms with Crippen LogP contribution in [0.2, 0.25) is 0 Å². The van der Waals surface area contributed by atoms with Crippen molar-refractivity contribution in [2.45, 2.75) is 6.10 Å². The van der Waals surface area contributed by atoms with Crippen LogP contribution in [0.3, 0.4) is 0 Å². The van der Waals surface area contributed by atoms with E-state index in [0.717, 1.165) is 5.56 Å². The number of carbonyl (C=O) groups excluding carboxylic acids is 3. The highest BCUT2D eigenvalue weighted by Gasteiger charge is 2.34. The zero-order valence-corrected chi connectivity index (χ0v) is 24.0. The number of allylic oxidation sites excluding steroid dienone is 2. The molecule has 1 unspecified atom stereocenters. The summed E-state index contributed by atoms with van der Waals surface area (Å²) in [5.41, 5.74) is 6.59. The lowest BCUT2D eigenvalue weighted by atomic mass is 10.2. The fourth-order valence-electron chi connectivity index (χ4n) is 3.79. The molecule has 3 aromatic rings. The van der Waals surface area contributed by atoms with Crippen molar-refractivity contribution in [3.63, 3.8) is 0 Å². The lowest BCUT2D eigenvalue weighted by Gasteiger charge is -2.20. The van der Waals surface area contributed by atoms with Crippen molar-refractivity contribution in [2.24, 2.45) is 4.99 Å². The molecule has 44 heavy (non-hydrogen) atoms. The number of benzene rings is 3.